The van der Waals surface area contributed by atoms with Gasteiger partial charge in [-0.05, 0) is 24.6 Å². The molecular weight excluding hydrogens is 380 g/mol. The first-order valence-electron chi connectivity index (χ1n) is 7.39. The molecule has 1 unspecified atom stereocenters. The Hall–Kier alpha value is -2.22. The van der Waals surface area contributed by atoms with Crippen molar-refractivity contribution < 1.29 is 23.9 Å². The molecule has 0 saturated carbocycles. The van der Waals surface area contributed by atoms with Crippen molar-refractivity contribution in [2.45, 2.75) is 25.8 Å². The zero-order valence-electron chi connectivity index (χ0n) is 13.3. The van der Waals surface area contributed by atoms with Gasteiger partial charge in [0.2, 0.25) is 5.91 Å². The van der Waals surface area contributed by atoms with Crippen molar-refractivity contribution in [1.29, 1.82) is 0 Å². The third-order valence-electron chi connectivity index (χ3n) is 3.73. The smallest absolute Gasteiger partial charge is 0.307 e. The van der Waals surface area contributed by atoms with Crippen LogP contribution < -0.4 is 5.32 Å². The van der Waals surface area contributed by atoms with E-state index in [1.807, 2.05) is 6.92 Å². The number of methoxy groups -OCH3 is 1. The number of nitrogens with one attached hydrogen (secondary N) is 1. The maximum Gasteiger partial charge on any atom is 0.307 e. The minimum Gasteiger partial charge on any atom is -0.469 e. The molecule has 7 nitrogen and oxygen atoms in total. The summed E-state index contributed by atoms with van der Waals surface area (Å²) in [6.45, 7) is 1.43. The molecule has 1 aliphatic heterocycles. The number of fused-ring (bicyclic) bond motifs is 1. The van der Waals surface area contributed by atoms with Gasteiger partial charge in [-0.3, -0.25) is 24.1 Å². The van der Waals surface area contributed by atoms with Crippen LogP contribution in [-0.4, -0.2) is 48.3 Å². The van der Waals surface area contributed by atoms with E-state index in [-0.39, 0.29) is 24.1 Å². The van der Waals surface area contributed by atoms with Gasteiger partial charge in [-0.15, -0.1) is 0 Å². The van der Waals surface area contributed by atoms with Crippen LogP contribution in [0.4, 0.5) is 0 Å². The maximum absolute atomic E-state index is 12.3. The van der Waals surface area contributed by atoms with Crippen molar-refractivity contribution in [3.8, 4) is 0 Å². The van der Waals surface area contributed by atoms with Crippen molar-refractivity contribution in [3.05, 3.63) is 33.8 Å². The summed E-state index contributed by atoms with van der Waals surface area (Å²) in [5, 5.41) is 2.64. The van der Waals surface area contributed by atoms with Crippen LogP contribution in [0.25, 0.3) is 0 Å². The van der Waals surface area contributed by atoms with Gasteiger partial charge in [-0.1, -0.05) is 22.9 Å². The van der Waals surface area contributed by atoms with E-state index in [9.17, 15) is 19.2 Å². The molecule has 0 bridgehead atoms. The van der Waals surface area contributed by atoms with E-state index in [1.165, 1.54) is 7.11 Å². The first-order chi connectivity index (χ1) is 11.4. The van der Waals surface area contributed by atoms with Gasteiger partial charge in [0.25, 0.3) is 11.8 Å². The van der Waals surface area contributed by atoms with Crippen LogP contribution in [0, 0.1) is 0 Å². The Morgan fingerprint density at radius 1 is 1.25 bits per heavy atom. The van der Waals surface area contributed by atoms with Gasteiger partial charge in [0.1, 0.15) is 6.54 Å². The third-order valence-corrected chi connectivity index (χ3v) is 4.23. The van der Waals surface area contributed by atoms with E-state index < -0.39 is 29.7 Å². The van der Waals surface area contributed by atoms with Gasteiger partial charge in [0.05, 0.1) is 24.7 Å². The number of nitrogens with zero attached hydrogens (tertiary/aromatic N) is 1. The van der Waals surface area contributed by atoms with E-state index in [0.29, 0.717) is 10.9 Å². The highest BCUT2D eigenvalue weighted by atomic mass is 79.9. The summed E-state index contributed by atoms with van der Waals surface area (Å²) in [6, 6.07) is 4.36. The number of carbonyl (C=O) groups excluding carboxylic acids is 4. The Morgan fingerprint density at radius 3 is 2.54 bits per heavy atom. The molecule has 128 valence electrons. The second-order valence-electron chi connectivity index (χ2n) is 5.34. The molecule has 0 aromatic heterocycles. The Morgan fingerprint density at radius 2 is 1.92 bits per heavy atom. The molecule has 0 radical (unpaired) electrons. The Balaban J connectivity index is 2.03. The topological polar surface area (TPSA) is 92.8 Å². The van der Waals surface area contributed by atoms with Crippen molar-refractivity contribution in [3.63, 3.8) is 0 Å². The van der Waals surface area contributed by atoms with Crippen LogP contribution >= 0.6 is 15.9 Å². The van der Waals surface area contributed by atoms with Gasteiger partial charge < -0.3 is 10.1 Å². The van der Waals surface area contributed by atoms with Gasteiger partial charge in [-0.2, -0.15) is 0 Å². The van der Waals surface area contributed by atoms with Gasteiger partial charge in [0, 0.05) is 10.5 Å². The van der Waals surface area contributed by atoms with E-state index in [1.54, 1.807) is 18.2 Å². The normalized spacial score (nSPS) is 14.4. The zero-order valence-corrected chi connectivity index (χ0v) is 14.9. The maximum atomic E-state index is 12.3. The molecule has 8 heteroatoms. The summed E-state index contributed by atoms with van der Waals surface area (Å²) in [6.07, 6.45) is 0.559. The predicted molar refractivity (Wildman–Crippen MR) is 88.4 cm³/mol. The van der Waals surface area contributed by atoms with Gasteiger partial charge >= 0.3 is 5.97 Å². The number of halogens is 1. The summed E-state index contributed by atoms with van der Waals surface area (Å²) in [7, 11) is 1.27. The standard InChI is InChI=1S/C16H17BrN2O5/c1-3-10(7-14(21)24-2)18-13(20)8-19-15(22)11-5-4-9(17)6-12(11)16(19)23/h4-6,10H,3,7-8H2,1-2H3,(H,18,20). The molecule has 0 saturated heterocycles. The largest absolute Gasteiger partial charge is 0.469 e. The molecule has 0 fully saturated rings. The molecule has 3 amide bonds. The number of rotatable bonds is 6. The molecule has 1 aliphatic rings. The second-order valence-corrected chi connectivity index (χ2v) is 6.25. The highest BCUT2D eigenvalue weighted by Crippen LogP contribution is 2.25. The SMILES string of the molecule is CCC(CC(=O)OC)NC(=O)CN1C(=O)c2ccc(Br)cc2C1=O. The molecule has 2 rings (SSSR count). The second kappa shape index (κ2) is 7.57. The fraction of sp³-hybridized carbons (Fsp3) is 0.375. The van der Waals surface area contributed by atoms with Crippen LogP contribution in [0.1, 0.15) is 40.5 Å². The minimum atomic E-state index is -0.507. The summed E-state index contributed by atoms with van der Waals surface area (Å²) in [4.78, 5) is 48.9. The number of esters is 1. The van der Waals surface area contributed by atoms with Crippen LogP contribution in [-0.2, 0) is 14.3 Å². The molecule has 1 aromatic carbocycles. The molecule has 1 aromatic rings. The average molecular weight is 397 g/mol. The molecule has 0 aliphatic carbocycles. The predicted octanol–water partition coefficient (Wildman–Crippen LogP) is 1.50. The molecule has 24 heavy (non-hydrogen) atoms. The monoisotopic (exact) mass is 396 g/mol. The van der Waals surface area contributed by atoms with E-state index in [0.717, 1.165) is 4.90 Å². The molecule has 1 heterocycles. The summed E-state index contributed by atoms with van der Waals surface area (Å²) in [5.74, 6) is -1.95. The fourth-order valence-corrected chi connectivity index (χ4v) is 2.77. The zero-order chi connectivity index (χ0) is 17.9. The minimum absolute atomic E-state index is 0.0355. The number of amides is 3. The van der Waals surface area contributed by atoms with E-state index >= 15 is 0 Å². The number of benzene rings is 1. The highest BCUT2D eigenvalue weighted by molar-refractivity contribution is 9.10. The summed E-state index contributed by atoms with van der Waals surface area (Å²) in [5.41, 5.74) is 0.543. The lowest BCUT2D eigenvalue weighted by Crippen LogP contribution is -2.44. The van der Waals surface area contributed by atoms with Crippen molar-refractivity contribution in [1.82, 2.24) is 10.2 Å². The number of hydrogen-bond donors (Lipinski definition) is 1. The lowest BCUT2D eigenvalue weighted by molar-refractivity contribution is -0.141. The van der Waals surface area contributed by atoms with Crippen LogP contribution in [0.15, 0.2) is 22.7 Å². The van der Waals surface area contributed by atoms with Crippen LogP contribution in [0.5, 0.6) is 0 Å². The first-order valence-corrected chi connectivity index (χ1v) is 8.18. The van der Waals surface area contributed by atoms with Crippen molar-refractivity contribution >= 4 is 39.6 Å². The average Bonchev–Trinajstić information content (AvgIpc) is 2.78. The third kappa shape index (κ3) is 3.81. The lowest BCUT2D eigenvalue weighted by Gasteiger charge is -2.18. The molecule has 0 spiro atoms. The highest BCUT2D eigenvalue weighted by Gasteiger charge is 2.36. The number of ether oxygens (including phenoxy) is 1. The Labute approximate surface area is 147 Å². The first kappa shape index (κ1) is 18.1. The Bertz CT molecular complexity index is 704. The van der Waals surface area contributed by atoms with Crippen molar-refractivity contribution in [2.75, 3.05) is 13.7 Å². The molecule has 1 atom stereocenters. The number of imide groups is 1. The Kier molecular flexibility index (Phi) is 5.71. The van der Waals surface area contributed by atoms with E-state index in [4.69, 9.17) is 0 Å². The molecule has 1 N–H and O–H groups in total. The number of carbonyl (C=O) groups is 4. The van der Waals surface area contributed by atoms with Gasteiger partial charge in [-0.25, -0.2) is 0 Å². The van der Waals surface area contributed by atoms with Crippen LogP contribution in [0.2, 0.25) is 0 Å². The quantitative estimate of drug-likeness (QED) is 0.580. The molecular formula is C16H17BrN2O5. The summed E-state index contributed by atoms with van der Waals surface area (Å²) < 4.78 is 5.25. The van der Waals surface area contributed by atoms with E-state index in [2.05, 4.69) is 26.0 Å². The summed E-state index contributed by atoms with van der Waals surface area (Å²) >= 11 is 3.25. The van der Waals surface area contributed by atoms with Gasteiger partial charge in [0.15, 0.2) is 0 Å². The number of hydrogen-bond acceptors (Lipinski definition) is 5. The lowest BCUT2D eigenvalue weighted by atomic mass is 10.1. The fourth-order valence-electron chi connectivity index (χ4n) is 2.41. The van der Waals surface area contributed by atoms with Crippen LogP contribution in [0.3, 0.4) is 0 Å². The van der Waals surface area contributed by atoms with Crippen molar-refractivity contribution in [2.24, 2.45) is 0 Å².